The predicted octanol–water partition coefficient (Wildman–Crippen LogP) is 3.40. The smallest absolute Gasteiger partial charge is 0.310 e. The summed E-state index contributed by atoms with van der Waals surface area (Å²) in [6.45, 7) is 10.0. The Morgan fingerprint density at radius 2 is 2.09 bits per heavy atom. The van der Waals surface area contributed by atoms with Gasteiger partial charge in [0, 0.05) is 12.5 Å². The summed E-state index contributed by atoms with van der Waals surface area (Å²) in [5, 5.41) is 0. The quantitative estimate of drug-likeness (QED) is 0.578. The zero-order valence-corrected chi connectivity index (χ0v) is 13.9. The van der Waals surface area contributed by atoms with E-state index >= 15 is 0 Å². The molecule has 0 amide bonds. The molecule has 22 heavy (non-hydrogen) atoms. The number of rotatable bonds is 2. The Kier molecular flexibility index (Phi) is 3.60. The van der Waals surface area contributed by atoms with Crippen molar-refractivity contribution in [1.82, 2.24) is 4.90 Å². The minimum Gasteiger partial charge on any atom is -0.462 e. The molecule has 5 atom stereocenters. The van der Waals surface area contributed by atoms with Crippen molar-refractivity contribution in [2.24, 2.45) is 23.2 Å². The third-order valence-electron chi connectivity index (χ3n) is 6.97. The van der Waals surface area contributed by atoms with Crippen LogP contribution in [0, 0.1) is 23.2 Å². The van der Waals surface area contributed by atoms with E-state index in [2.05, 4.69) is 18.4 Å². The molecular weight excluding hydrogens is 274 g/mol. The second-order valence-electron chi connectivity index (χ2n) is 8.41. The molecule has 2 heterocycles. The van der Waals surface area contributed by atoms with Crippen LogP contribution in [0.25, 0.3) is 0 Å². The van der Waals surface area contributed by atoms with Crippen LogP contribution in [0.1, 0.15) is 51.9 Å². The number of hydrogen-bond donors (Lipinski definition) is 0. The standard InChI is InChI=1S/C19H29NO2/c1-13-6-5-7-19(2)11-17-14(10-16(13)19)15(18(21)22-17)12-20-8-3-4-9-20/h14-17H,1,3-12H2,2H3/t14-,15+,16-,17-,19+/m0/s1. The summed E-state index contributed by atoms with van der Waals surface area (Å²) in [7, 11) is 0. The van der Waals surface area contributed by atoms with Gasteiger partial charge in [-0.25, -0.2) is 0 Å². The Hall–Kier alpha value is -0.830. The molecule has 2 saturated carbocycles. The zero-order chi connectivity index (χ0) is 15.3. The fraction of sp³-hybridized carbons (Fsp3) is 0.842. The largest absolute Gasteiger partial charge is 0.462 e. The van der Waals surface area contributed by atoms with Crippen molar-refractivity contribution in [1.29, 1.82) is 0 Å². The van der Waals surface area contributed by atoms with Gasteiger partial charge in [-0.1, -0.05) is 19.1 Å². The van der Waals surface area contributed by atoms with Gasteiger partial charge in [0.15, 0.2) is 0 Å². The maximum Gasteiger partial charge on any atom is 0.310 e. The molecule has 0 radical (unpaired) electrons. The van der Waals surface area contributed by atoms with Crippen LogP contribution in [0.15, 0.2) is 12.2 Å². The molecular formula is C19H29NO2. The van der Waals surface area contributed by atoms with Crippen LogP contribution >= 0.6 is 0 Å². The number of ether oxygens (including phenoxy) is 1. The molecule has 2 aliphatic heterocycles. The first-order chi connectivity index (χ1) is 10.6. The van der Waals surface area contributed by atoms with E-state index in [1.165, 1.54) is 37.7 Å². The Morgan fingerprint density at radius 1 is 1.32 bits per heavy atom. The van der Waals surface area contributed by atoms with Gasteiger partial charge in [-0.05, 0) is 69.4 Å². The van der Waals surface area contributed by atoms with Crippen molar-refractivity contribution in [3.8, 4) is 0 Å². The zero-order valence-electron chi connectivity index (χ0n) is 13.9. The highest BCUT2D eigenvalue weighted by Gasteiger charge is 2.55. The molecule has 0 aromatic rings. The SMILES string of the molecule is C=C1CCC[C@]2(C)C[C@@H]3OC(=O)[C@H](CN4CCCC4)[C@@H]3C[C@@H]12. The number of likely N-dealkylation sites (tertiary alicyclic amines) is 1. The summed E-state index contributed by atoms with van der Waals surface area (Å²) >= 11 is 0. The molecule has 0 aromatic carbocycles. The lowest BCUT2D eigenvalue weighted by atomic mass is 9.55. The number of nitrogens with zero attached hydrogens (tertiary/aromatic N) is 1. The van der Waals surface area contributed by atoms with Gasteiger partial charge in [0.2, 0.25) is 0 Å². The number of hydrogen-bond acceptors (Lipinski definition) is 3. The third-order valence-corrected chi connectivity index (χ3v) is 6.97. The minimum atomic E-state index is 0.0785. The van der Waals surface area contributed by atoms with E-state index in [1.807, 2.05) is 0 Å². The van der Waals surface area contributed by atoms with Crippen LogP contribution < -0.4 is 0 Å². The maximum absolute atomic E-state index is 12.4. The molecule has 0 spiro atoms. The highest BCUT2D eigenvalue weighted by atomic mass is 16.6. The van der Waals surface area contributed by atoms with Crippen molar-refractivity contribution in [3.63, 3.8) is 0 Å². The van der Waals surface area contributed by atoms with E-state index in [4.69, 9.17) is 4.74 Å². The van der Waals surface area contributed by atoms with Crippen molar-refractivity contribution < 1.29 is 9.53 Å². The van der Waals surface area contributed by atoms with E-state index < -0.39 is 0 Å². The maximum atomic E-state index is 12.4. The van der Waals surface area contributed by atoms with Crippen molar-refractivity contribution in [2.45, 2.75) is 58.0 Å². The number of fused-ring (bicyclic) bond motifs is 2. The minimum absolute atomic E-state index is 0.0785. The lowest BCUT2D eigenvalue weighted by molar-refractivity contribution is -0.146. The molecule has 0 bridgehead atoms. The number of carbonyl (C=O) groups is 1. The number of carbonyl (C=O) groups excluding carboxylic acids is 1. The van der Waals surface area contributed by atoms with E-state index in [9.17, 15) is 4.79 Å². The van der Waals surface area contributed by atoms with Gasteiger partial charge in [0.05, 0.1) is 5.92 Å². The van der Waals surface area contributed by atoms with Gasteiger partial charge in [-0.15, -0.1) is 0 Å². The fourth-order valence-electron chi connectivity index (χ4n) is 5.71. The molecule has 3 heteroatoms. The summed E-state index contributed by atoms with van der Waals surface area (Å²) in [5.41, 5.74) is 1.76. The van der Waals surface area contributed by atoms with Gasteiger partial charge < -0.3 is 9.64 Å². The average Bonchev–Trinajstić information content (AvgIpc) is 3.06. The highest BCUT2D eigenvalue weighted by Crippen LogP contribution is 2.56. The molecule has 122 valence electrons. The van der Waals surface area contributed by atoms with Crippen LogP contribution in [-0.4, -0.2) is 36.6 Å². The third kappa shape index (κ3) is 2.33. The molecule has 2 saturated heterocycles. The molecule has 4 fully saturated rings. The van der Waals surface area contributed by atoms with Gasteiger partial charge in [0.1, 0.15) is 6.10 Å². The van der Waals surface area contributed by atoms with Crippen LogP contribution in [0.5, 0.6) is 0 Å². The van der Waals surface area contributed by atoms with Crippen LogP contribution in [0.4, 0.5) is 0 Å². The average molecular weight is 303 g/mol. The monoisotopic (exact) mass is 303 g/mol. The Balaban J connectivity index is 1.53. The van der Waals surface area contributed by atoms with E-state index in [-0.39, 0.29) is 18.0 Å². The molecule has 4 rings (SSSR count). The van der Waals surface area contributed by atoms with Crippen LogP contribution in [0.2, 0.25) is 0 Å². The first kappa shape index (κ1) is 14.7. The first-order valence-corrected chi connectivity index (χ1v) is 9.17. The number of allylic oxidation sites excluding steroid dienone is 1. The highest BCUT2D eigenvalue weighted by molar-refractivity contribution is 5.75. The van der Waals surface area contributed by atoms with E-state index in [0.717, 1.165) is 32.5 Å². The summed E-state index contributed by atoms with van der Waals surface area (Å²) in [5.74, 6) is 1.23. The van der Waals surface area contributed by atoms with E-state index in [0.29, 0.717) is 17.3 Å². The lowest BCUT2D eigenvalue weighted by Gasteiger charge is -2.50. The Morgan fingerprint density at radius 3 is 2.86 bits per heavy atom. The molecule has 4 aliphatic rings. The van der Waals surface area contributed by atoms with Gasteiger partial charge in [-0.3, -0.25) is 4.79 Å². The lowest BCUT2D eigenvalue weighted by Crippen LogP contribution is -2.45. The van der Waals surface area contributed by atoms with Gasteiger partial charge in [0.25, 0.3) is 0 Å². The Bertz CT molecular complexity index is 482. The van der Waals surface area contributed by atoms with Crippen molar-refractivity contribution in [3.05, 3.63) is 12.2 Å². The first-order valence-electron chi connectivity index (χ1n) is 9.17. The molecule has 2 aliphatic carbocycles. The molecule has 0 aromatic heterocycles. The summed E-state index contributed by atoms with van der Waals surface area (Å²) in [4.78, 5) is 14.9. The van der Waals surface area contributed by atoms with Crippen LogP contribution in [-0.2, 0) is 9.53 Å². The van der Waals surface area contributed by atoms with Crippen molar-refractivity contribution in [2.75, 3.05) is 19.6 Å². The van der Waals surface area contributed by atoms with Gasteiger partial charge >= 0.3 is 5.97 Å². The predicted molar refractivity (Wildman–Crippen MR) is 86.4 cm³/mol. The second-order valence-corrected chi connectivity index (χ2v) is 8.41. The summed E-state index contributed by atoms with van der Waals surface area (Å²) in [6, 6.07) is 0. The summed E-state index contributed by atoms with van der Waals surface area (Å²) in [6.07, 6.45) is 8.65. The van der Waals surface area contributed by atoms with Gasteiger partial charge in [-0.2, -0.15) is 0 Å². The second kappa shape index (κ2) is 5.36. The Labute approximate surface area is 134 Å². The fourth-order valence-corrected chi connectivity index (χ4v) is 5.71. The summed E-state index contributed by atoms with van der Waals surface area (Å²) < 4.78 is 5.84. The normalized spacial score (nSPS) is 45.5. The topological polar surface area (TPSA) is 29.5 Å². The van der Waals surface area contributed by atoms with Crippen LogP contribution in [0.3, 0.4) is 0 Å². The van der Waals surface area contributed by atoms with Crippen molar-refractivity contribution >= 4 is 5.97 Å². The van der Waals surface area contributed by atoms with E-state index in [1.54, 1.807) is 0 Å². The molecule has 0 unspecified atom stereocenters. The number of esters is 1. The molecule has 3 nitrogen and oxygen atoms in total. The molecule has 0 N–H and O–H groups in total.